The monoisotopic (exact) mass is 369 g/mol. The number of halogens is 2. The number of amides is 1. The van der Waals surface area contributed by atoms with Crippen LogP contribution in [0.15, 0.2) is 30.3 Å². The number of benzene rings is 1. The first kappa shape index (κ1) is 20.7. The molecule has 24 heavy (non-hydrogen) atoms. The van der Waals surface area contributed by atoms with Crippen molar-refractivity contribution in [1.29, 1.82) is 0 Å². The van der Waals surface area contributed by atoms with E-state index in [1.54, 1.807) is 0 Å². The molecule has 1 N–H and O–H groups in total. The molecular formula is C18H25Cl2N3O. The Kier molecular flexibility index (Phi) is 7.94. The molecule has 1 aliphatic heterocycles. The molecule has 1 saturated heterocycles. The largest absolute Gasteiger partial charge is 0.338 e. The number of para-hydroxylation sites is 1. The minimum Gasteiger partial charge on any atom is -0.338 e. The fraction of sp³-hybridized carbons (Fsp3) is 0.444. The maximum Gasteiger partial charge on any atom is 0.254 e. The van der Waals surface area contributed by atoms with Gasteiger partial charge in [-0.2, -0.15) is 0 Å². The van der Waals surface area contributed by atoms with Gasteiger partial charge in [0, 0.05) is 24.2 Å². The third-order valence-corrected chi connectivity index (χ3v) is 4.37. The molecule has 0 bridgehead atoms. The number of carbonyl (C=O) groups excluding carboxylic acids is 1. The van der Waals surface area contributed by atoms with E-state index in [4.69, 9.17) is 0 Å². The number of nitrogens with zero attached hydrogens (tertiary/aromatic N) is 2. The van der Waals surface area contributed by atoms with E-state index >= 15 is 0 Å². The molecule has 2 heterocycles. The average molecular weight is 370 g/mol. The number of pyridine rings is 1. The number of carbonyl (C=O) groups is 1. The lowest BCUT2D eigenvalue weighted by Gasteiger charge is -2.33. The Balaban J connectivity index is 0.00000144. The van der Waals surface area contributed by atoms with Crippen molar-refractivity contribution in [3.05, 3.63) is 41.6 Å². The molecule has 0 saturated carbocycles. The number of aryl methyl sites for hydroxylation is 1. The van der Waals surface area contributed by atoms with E-state index in [2.05, 4.69) is 10.3 Å². The molecule has 2 aromatic rings. The summed E-state index contributed by atoms with van der Waals surface area (Å²) in [6, 6.07) is 9.82. The molecule has 1 aromatic heterocycles. The summed E-state index contributed by atoms with van der Waals surface area (Å²) in [5, 5.41) is 4.18. The number of hydrogen-bond acceptors (Lipinski definition) is 3. The molecule has 0 aliphatic carbocycles. The number of hydrogen-bond donors (Lipinski definition) is 1. The molecular weight excluding hydrogens is 345 g/mol. The smallest absolute Gasteiger partial charge is 0.254 e. The van der Waals surface area contributed by atoms with Crippen LogP contribution in [-0.4, -0.2) is 42.5 Å². The molecule has 1 fully saturated rings. The number of likely N-dealkylation sites (tertiary alicyclic amines) is 1. The molecule has 4 nitrogen and oxygen atoms in total. The highest BCUT2D eigenvalue weighted by Crippen LogP contribution is 2.23. The number of rotatable bonds is 3. The van der Waals surface area contributed by atoms with Crippen LogP contribution >= 0.6 is 24.8 Å². The van der Waals surface area contributed by atoms with Gasteiger partial charge >= 0.3 is 0 Å². The van der Waals surface area contributed by atoms with Crippen LogP contribution in [0.1, 0.15) is 28.9 Å². The van der Waals surface area contributed by atoms with Crippen molar-refractivity contribution in [2.24, 2.45) is 5.92 Å². The molecule has 1 unspecified atom stereocenters. The lowest BCUT2D eigenvalue weighted by molar-refractivity contribution is 0.0676. The Labute approximate surface area is 155 Å². The Bertz CT molecular complexity index is 691. The Morgan fingerprint density at radius 2 is 2.08 bits per heavy atom. The summed E-state index contributed by atoms with van der Waals surface area (Å²) in [5.74, 6) is 0.694. The lowest BCUT2D eigenvalue weighted by atomic mass is 9.96. The molecule has 6 heteroatoms. The average Bonchev–Trinajstić information content (AvgIpc) is 2.54. The molecule has 132 valence electrons. The SMILES string of the molecule is CNCC1CCCN(C(=O)c2cc(C)nc3ccccc23)C1.Cl.Cl. The first-order chi connectivity index (χ1) is 10.7. The number of nitrogens with one attached hydrogen (secondary N) is 1. The van der Waals surface area contributed by atoms with E-state index in [1.807, 2.05) is 49.2 Å². The van der Waals surface area contributed by atoms with Gasteiger partial charge in [-0.25, -0.2) is 0 Å². The lowest BCUT2D eigenvalue weighted by Crippen LogP contribution is -2.42. The highest BCUT2D eigenvalue weighted by atomic mass is 35.5. The van der Waals surface area contributed by atoms with Crippen LogP contribution in [0.4, 0.5) is 0 Å². The van der Waals surface area contributed by atoms with Gasteiger partial charge in [0.1, 0.15) is 0 Å². The zero-order valence-electron chi connectivity index (χ0n) is 14.1. The van der Waals surface area contributed by atoms with Gasteiger partial charge in [-0.15, -0.1) is 24.8 Å². The predicted molar refractivity (Wildman–Crippen MR) is 104 cm³/mol. The van der Waals surface area contributed by atoms with Gasteiger partial charge in [0.2, 0.25) is 0 Å². The zero-order valence-corrected chi connectivity index (χ0v) is 15.8. The van der Waals surface area contributed by atoms with E-state index in [-0.39, 0.29) is 30.7 Å². The maximum atomic E-state index is 13.0. The Hall–Kier alpha value is -1.36. The molecule has 1 amide bonds. The summed E-state index contributed by atoms with van der Waals surface area (Å²) < 4.78 is 0. The van der Waals surface area contributed by atoms with Crippen LogP contribution < -0.4 is 5.32 Å². The summed E-state index contributed by atoms with van der Waals surface area (Å²) >= 11 is 0. The minimum absolute atomic E-state index is 0. The Morgan fingerprint density at radius 3 is 2.83 bits per heavy atom. The third kappa shape index (κ3) is 4.38. The van der Waals surface area contributed by atoms with E-state index in [9.17, 15) is 4.79 Å². The predicted octanol–water partition coefficient (Wildman–Crippen LogP) is 3.46. The summed E-state index contributed by atoms with van der Waals surface area (Å²) in [6.07, 6.45) is 2.28. The quantitative estimate of drug-likeness (QED) is 0.900. The third-order valence-electron chi connectivity index (χ3n) is 4.37. The fourth-order valence-electron chi connectivity index (χ4n) is 3.36. The van der Waals surface area contributed by atoms with Crippen molar-refractivity contribution >= 4 is 41.6 Å². The summed E-state index contributed by atoms with van der Waals surface area (Å²) in [5.41, 5.74) is 2.58. The van der Waals surface area contributed by atoms with Crippen molar-refractivity contribution in [2.75, 3.05) is 26.7 Å². The van der Waals surface area contributed by atoms with Crippen LogP contribution in [0.25, 0.3) is 10.9 Å². The van der Waals surface area contributed by atoms with Gasteiger partial charge in [0.15, 0.2) is 0 Å². The van der Waals surface area contributed by atoms with Crippen molar-refractivity contribution in [3.63, 3.8) is 0 Å². The molecule has 0 spiro atoms. The van der Waals surface area contributed by atoms with Crippen molar-refractivity contribution in [3.8, 4) is 0 Å². The van der Waals surface area contributed by atoms with Crippen molar-refractivity contribution in [2.45, 2.75) is 19.8 Å². The van der Waals surface area contributed by atoms with Crippen LogP contribution in [0.5, 0.6) is 0 Å². The summed E-state index contributed by atoms with van der Waals surface area (Å²) in [6.45, 7) is 4.62. The second kappa shape index (κ2) is 9.21. The highest BCUT2D eigenvalue weighted by Gasteiger charge is 2.25. The summed E-state index contributed by atoms with van der Waals surface area (Å²) in [4.78, 5) is 19.5. The van der Waals surface area contributed by atoms with Gasteiger partial charge in [0.05, 0.1) is 11.1 Å². The Morgan fingerprint density at radius 1 is 1.33 bits per heavy atom. The maximum absolute atomic E-state index is 13.0. The van der Waals surface area contributed by atoms with E-state index < -0.39 is 0 Å². The van der Waals surface area contributed by atoms with Crippen molar-refractivity contribution < 1.29 is 4.79 Å². The minimum atomic E-state index is 0. The second-order valence-electron chi connectivity index (χ2n) is 6.15. The molecule has 0 radical (unpaired) electrons. The van der Waals surface area contributed by atoms with Crippen LogP contribution in [0, 0.1) is 12.8 Å². The van der Waals surface area contributed by atoms with Crippen LogP contribution in [0.3, 0.4) is 0 Å². The van der Waals surface area contributed by atoms with Gasteiger partial charge in [-0.3, -0.25) is 9.78 Å². The van der Waals surface area contributed by atoms with E-state index in [1.165, 1.54) is 6.42 Å². The van der Waals surface area contributed by atoms with E-state index in [0.717, 1.165) is 48.2 Å². The van der Waals surface area contributed by atoms with Gasteiger partial charge in [0.25, 0.3) is 5.91 Å². The van der Waals surface area contributed by atoms with Crippen LogP contribution in [0.2, 0.25) is 0 Å². The fourth-order valence-corrected chi connectivity index (χ4v) is 3.36. The topological polar surface area (TPSA) is 45.2 Å². The number of aromatic nitrogens is 1. The number of fused-ring (bicyclic) bond motifs is 1. The first-order valence-corrected chi connectivity index (χ1v) is 7.99. The zero-order chi connectivity index (χ0) is 15.5. The molecule has 1 aliphatic rings. The normalized spacial score (nSPS) is 17.1. The van der Waals surface area contributed by atoms with Gasteiger partial charge < -0.3 is 10.2 Å². The summed E-state index contributed by atoms with van der Waals surface area (Å²) in [7, 11) is 1.97. The molecule has 1 aromatic carbocycles. The van der Waals surface area contributed by atoms with Crippen LogP contribution in [-0.2, 0) is 0 Å². The number of piperidine rings is 1. The van der Waals surface area contributed by atoms with Gasteiger partial charge in [-0.05, 0) is 51.4 Å². The highest BCUT2D eigenvalue weighted by molar-refractivity contribution is 6.06. The van der Waals surface area contributed by atoms with E-state index in [0.29, 0.717) is 5.92 Å². The van der Waals surface area contributed by atoms with Crippen molar-refractivity contribution in [1.82, 2.24) is 15.2 Å². The van der Waals surface area contributed by atoms with Gasteiger partial charge in [-0.1, -0.05) is 18.2 Å². The molecule has 3 rings (SSSR count). The first-order valence-electron chi connectivity index (χ1n) is 7.99. The molecule has 1 atom stereocenters. The standard InChI is InChI=1S/C18H23N3O.2ClH/c1-13-10-16(15-7-3-4-8-17(15)20-13)18(22)21-9-5-6-14(12-21)11-19-2;;/h3-4,7-8,10,14,19H,5-6,9,11-12H2,1-2H3;2*1H. The second-order valence-corrected chi connectivity index (χ2v) is 6.15.